The Morgan fingerprint density at radius 1 is 0.885 bits per heavy atom. The smallest absolute Gasteiger partial charge is 0.120 e. The Morgan fingerprint density at radius 3 is 2.58 bits per heavy atom. The van der Waals surface area contributed by atoms with Crippen molar-refractivity contribution in [2.75, 3.05) is 13.7 Å². The summed E-state index contributed by atoms with van der Waals surface area (Å²) in [5.74, 6) is 7.47. The quantitative estimate of drug-likeness (QED) is 0.702. The fourth-order valence-corrected chi connectivity index (χ4v) is 3.49. The van der Waals surface area contributed by atoms with E-state index in [2.05, 4.69) is 59.6 Å². The van der Waals surface area contributed by atoms with Gasteiger partial charge in [-0.15, -0.1) is 0 Å². The van der Waals surface area contributed by atoms with Gasteiger partial charge in [0.25, 0.3) is 0 Å². The molecule has 1 aliphatic heterocycles. The summed E-state index contributed by atoms with van der Waals surface area (Å²) in [5.41, 5.74) is 6.02. The minimum absolute atomic E-state index is 0.191. The molecule has 0 saturated heterocycles. The molecule has 1 N–H and O–H groups in total. The van der Waals surface area contributed by atoms with Crippen LogP contribution in [0.1, 0.15) is 33.9 Å². The Balaban J connectivity index is 1.72. The van der Waals surface area contributed by atoms with E-state index < -0.39 is 0 Å². The lowest BCUT2D eigenvalue weighted by Crippen LogP contribution is -2.31. The summed E-state index contributed by atoms with van der Waals surface area (Å²) in [6, 6.07) is 25.2. The molecular weight excluding hydrogens is 318 g/mol. The molecule has 0 amide bonds. The first-order valence-corrected chi connectivity index (χ1v) is 8.91. The van der Waals surface area contributed by atoms with Crippen molar-refractivity contribution in [2.24, 2.45) is 0 Å². The van der Waals surface area contributed by atoms with Gasteiger partial charge >= 0.3 is 0 Å². The van der Waals surface area contributed by atoms with Crippen molar-refractivity contribution in [1.82, 2.24) is 5.32 Å². The van der Waals surface area contributed by atoms with E-state index in [9.17, 15) is 0 Å². The highest BCUT2D eigenvalue weighted by Gasteiger charge is 2.22. The maximum absolute atomic E-state index is 5.29. The first-order chi connectivity index (χ1) is 12.8. The molecule has 1 unspecified atom stereocenters. The molecular formula is C24H21NO. The van der Waals surface area contributed by atoms with Gasteiger partial charge in [0, 0.05) is 17.7 Å². The van der Waals surface area contributed by atoms with Crippen LogP contribution in [0.4, 0.5) is 0 Å². The van der Waals surface area contributed by atoms with Gasteiger partial charge < -0.3 is 10.1 Å². The van der Waals surface area contributed by atoms with E-state index >= 15 is 0 Å². The lowest BCUT2D eigenvalue weighted by Gasteiger charge is -2.28. The lowest BCUT2D eigenvalue weighted by atomic mass is 9.88. The summed E-state index contributed by atoms with van der Waals surface area (Å²) in [4.78, 5) is 0. The SMILES string of the molecule is COc1cccc(C#Cc2ccccc2C2NCCc3ccccc32)c1. The molecule has 0 saturated carbocycles. The first kappa shape index (κ1) is 16.4. The Hall–Kier alpha value is -3.02. The standard InChI is InChI=1S/C24H21NO/c1-26-21-10-6-7-18(17-21)13-14-19-8-2-4-11-22(19)24-23-12-5-3-9-20(23)15-16-25-24/h2-12,17,24-25H,15-16H2,1H3. The Bertz CT molecular complexity index is 980. The van der Waals surface area contributed by atoms with Crippen LogP contribution in [0.15, 0.2) is 72.8 Å². The lowest BCUT2D eigenvalue weighted by molar-refractivity contribution is 0.414. The van der Waals surface area contributed by atoms with E-state index in [-0.39, 0.29) is 6.04 Å². The Kier molecular flexibility index (Phi) is 4.73. The van der Waals surface area contributed by atoms with Gasteiger partial charge in [0.1, 0.15) is 5.75 Å². The minimum atomic E-state index is 0.191. The van der Waals surface area contributed by atoms with Crippen molar-refractivity contribution in [1.29, 1.82) is 0 Å². The van der Waals surface area contributed by atoms with E-state index in [0.717, 1.165) is 29.8 Å². The second-order valence-electron chi connectivity index (χ2n) is 6.41. The van der Waals surface area contributed by atoms with Crippen molar-refractivity contribution in [3.63, 3.8) is 0 Å². The second-order valence-corrected chi connectivity index (χ2v) is 6.41. The van der Waals surface area contributed by atoms with Crippen LogP contribution in [-0.2, 0) is 6.42 Å². The third kappa shape index (κ3) is 3.35. The maximum Gasteiger partial charge on any atom is 0.120 e. The van der Waals surface area contributed by atoms with Gasteiger partial charge in [-0.25, -0.2) is 0 Å². The summed E-state index contributed by atoms with van der Waals surface area (Å²) < 4.78 is 5.29. The highest BCUT2D eigenvalue weighted by Crippen LogP contribution is 2.30. The molecule has 26 heavy (non-hydrogen) atoms. The molecule has 3 aromatic carbocycles. The minimum Gasteiger partial charge on any atom is -0.497 e. The van der Waals surface area contributed by atoms with Crippen LogP contribution in [0.3, 0.4) is 0 Å². The average Bonchev–Trinajstić information content (AvgIpc) is 2.72. The molecule has 128 valence electrons. The predicted molar refractivity (Wildman–Crippen MR) is 105 cm³/mol. The summed E-state index contributed by atoms with van der Waals surface area (Å²) >= 11 is 0. The van der Waals surface area contributed by atoms with Crippen LogP contribution in [0.25, 0.3) is 0 Å². The summed E-state index contributed by atoms with van der Waals surface area (Å²) in [5, 5.41) is 3.66. The van der Waals surface area contributed by atoms with Crippen LogP contribution in [0, 0.1) is 11.8 Å². The number of benzene rings is 3. The molecule has 1 aliphatic rings. The Morgan fingerprint density at radius 2 is 1.69 bits per heavy atom. The molecule has 0 aliphatic carbocycles. The zero-order valence-corrected chi connectivity index (χ0v) is 14.8. The van der Waals surface area contributed by atoms with Crippen molar-refractivity contribution in [3.05, 3.63) is 101 Å². The average molecular weight is 339 g/mol. The molecule has 0 radical (unpaired) electrons. The molecule has 2 nitrogen and oxygen atoms in total. The second kappa shape index (κ2) is 7.47. The van der Waals surface area contributed by atoms with Gasteiger partial charge in [0.15, 0.2) is 0 Å². The predicted octanol–water partition coefficient (Wildman–Crippen LogP) is 4.33. The van der Waals surface area contributed by atoms with E-state index in [1.807, 2.05) is 30.3 Å². The fraction of sp³-hybridized carbons (Fsp3) is 0.167. The fourth-order valence-electron chi connectivity index (χ4n) is 3.49. The number of rotatable bonds is 2. The molecule has 0 aromatic heterocycles. The number of hydrogen-bond donors (Lipinski definition) is 1. The number of methoxy groups -OCH3 is 1. The molecule has 0 bridgehead atoms. The van der Waals surface area contributed by atoms with Gasteiger partial charge in [-0.1, -0.05) is 60.4 Å². The monoisotopic (exact) mass is 339 g/mol. The topological polar surface area (TPSA) is 21.3 Å². The van der Waals surface area contributed by atoms with Gasteiger partial charge in [0.2, 0.25) is 0 Å². The Labute approximate surface area is 154 Å². The highest BCUT2D eigenvalue weighted by atomic mass is 16.5. The molecule has 0 fully saturated rings. The molecule has 1 heterocycles. The summed E-state index contributed by atoms with van der Waals surface area (Å²) in [6.45, 7) is 0.985. The number of ether oxygens (including phenoxy) is 1. The third-order valence-corrected chi connectivity index (χ3v) is 4.79. The van der Waals surface area contributed by atoms with E-state index in [0.29, 0.717) is 0 Å². The molecule has 2 heteroatoms. The normalized spacial score (nSPS) is 15.5. The van der Waals surface area contributed by atoms with Crippen molar-refractivity contribution in [3.8, 4) is 17.6 Å². The van der Waals surface area contributed by atoms with Crippen LogP contribution in [0.5, 0.6) is 5.75 Å². The summed E-state index contributed by atoms with van der Waals surface area (Å²) in [6.07, 6.45) is 1.07. The van der Waals surface area contributed by atoms with Crippen LogP contribution < -0.4 is 10.1 Å². The molecule has 0 spiro atoms. The van der Waals surface area contributed by atoms with E-state index in [1.165, 1.54) is 16.7 Å². The third-order valence-electron chi connectivity index (χ3n) is 4.79. The van der Waals surface area contributed by atoms with Gasteiger partial charge in [-0.05, 0) is 47.4 Å². The molecule has 4 rings (SSSR count). The van der Waals surface area contributed by atoms with Crippen LogP contribution in [-0.4, -0.2) is 13.7 Å². The summed E-state index contributed by atoms with van der Waals surface area (Å²) in [7, 11) is 1.67. The van der Waals surface area contributed by atoms with Crippen molar-refractivity contribution >= 4 is 0 Å². The zero-order valence-electron chi connectivity index (χ0n) is 14.8. The largest absolute Gasteiger partial charge is 0.497 e. The van der Waals surface area contributed by atoms with Gasteiger partial charge in [-0.3, -0.25) is 0 Å². The van der Waals surface area contributed by atoms with E-state index in [1.54, 1.807) is 7.11 Å². The zero-order chi connectivity index (χ0) is 17.8. The van der Waals surface area contributed by atoms with Crippen molar-refractivity contribution in [2.45, 2.75) is 12.5 Å². The van der Waals surface area contributed by atoms with Gasteiger partial charge in [0.05, 0.1) is 13.2 Å². The molecule has 3 aromatic rings. The highest BCUT2D eigenvalue weighted by molar-refractivity contribution is 5.51. The van der Waals surface area contributed by atoms with E-state index in [4.69, 9.17) is 4.74 Å². The number of hydrogen-bond acceptors (Lipinski definition) is 2. The maximum atomic E-state index is 5.29. The van der Waals surface area contributed by atoms with Crippen molar-refractivity contribution < 1.29 is 4.74 Å². The van der Waals surface area contributed by atoms with Crippen LogP contribution in [0.2, 0.25) is 0 Å². The van der Waals surface area contributed by atoms with Crippen LogP contribution >= 0.6 is 0 Å². The molecule has 1 atom stereocenters. The number of fused-ring (bicyclic) bond motifs is 1. The number of nitrogens with one attached hydrogen (secondary N) is 1. The van der Waals surface area contributed by atoms with Gasteiger partial charge in [-0.2, -0.15) is 0 Å². The first-order valence-electron chi connectivity index (χ1n) is 8.91.